The summed E-state index contributed by atoms with van der Waals surface area (Å²) >= 11 is 2.18. The summed E-state index contributed by atoms with van der Waals surface area (Å²) < 4.78 is 1.15. The van der Waals surface area contributed by atoms with Crippen molar-refractivity contribution in [2.24, 2.45) is 0 Å². The van der Waals surface area contributed by atoms with Crippen molar-refractivity contribution in [1.29, 1.82) is 0 Å². The molecule has 1 rings (SSSR count). The van der Waals surface area contributed by atoms with Crippen LogP contribution >= 0.6 is 22.6 Å². The van der Waals surface area contributed by atoms with Crippen molar-refractivity contribution in [2.45, 2.75) is 0 Å². The zero-order valence-corrected chi connectivity index (χ0v) is 5.14. The fourth-order valence-corrected chi connectivity index (χ4v) is 0.514. The van der Waals surface area contributed by atoms with Gasteiger partial charge in [0.05, 0.1) is 9.77 Å². The Morgan fingerprint density at radius 1 is 2.00 bits per heavy atom. The molecule has 0 atom stereocenters. The number of hydrogen-bond acceptors (Lipinski definition) is 1. The second-order valence-electron chi connectivity index (χ2n) is 0.917. The number of rotatable bonds is 0. The van der Waals surface area contributed by atoms with Crippen LogP contribution in [0.1, 0.15) is 1.43 Å². The predicted octanol–water partition coefficient (Wildman–Crippen LogP) is 1.26. The fourth-order valence-electron chi connectivity index (χ4n) is 0.235. The maximum Gasteiger partial charge on any atom is 0.0621 e. The lowest BCUT2D eigenvalue weighted by Gasteiger charge is -1.59. The maximum absolute atomic E-state index is 3.69. The van der Waals surface area contributed by atoms with Crippen molar-refractivity contribution in [1.82, 2.24) is 10.2 Å². The van der Waals surface area contributed by atoms with Gasteiger partial charge < -0.3 is 0 Å². The van der Waals surface area contributed by atoms with Gasteiger partial charge in [0, 0.05) is 7.62 Å². The standard InChI is InChI=1S/C3H3IN2.H2/c4-3-1-5-6-2-3;/h1-2H,(H,5,6);1H. The Balaban J connectivity index is 0.000000360. The van der Waals surface area contributed by atoms with E-state index in [9.17, 15) is 0 Å². The monoisotopic (exact) mass is 196 g/mol. The van der Waals surface area contributed by atoms with Crippen molar-refractivity contribution < 1.29 is 1.43 Å². The Hall–Kier alpha value is -0.0600. The van der Waals surface area contributed by atoms with Crippen LogP contribution in [0, 0.1) is 3.57 Å². The van der Waals surface area contributed by atoms with E-state index in [0.29, 0.717) is 0 Å². The molecule has 0 saturated carbocycles. The number of nitrogens with one attached hydrogen (secondary N) is 1. The van der Waals surface area contributed by atoms with Gasteiger partial charge in [-0.25, -0.2) is 0 Å². The van der Waals surface area contributed by atoms with Crippen LogP contribution in [-0.4, -0.2) is 10.2 Å². The maximum atomic E-state index is 3.69. The molecule has 0 aromatic carbocycles. The molecule has 0 fully saturated rings. The molecule has 6 heavy (non-hydrogen) atoms. The third kappa shape index (κ3) is 0.707. The normalized spacial score (nSPS) is 8.83. The highest BCUT2D eigenvalue weighted by Crippen LogP contribution is 1.95. The van der Waals surface area contributed by atoms with Crippen LogP contribution in [0.5, 0.6) is 0 Å². The first kappa shape index (κ1) is 4.11. The Bertz CT molecular complexity index is 116. The third-order valence-corrected chi connectivity index (χ3v) is 1.05. The lowest BCUT2D eigenvalue weighted by molar-refractivity contribution is 1.09. The van der Waals surface area contributed by atoms with E-state index < -0.39 is 0 Å². The molecule has 1 N–H and O–H groups in total. The van der Waals surface area contributed by atoms with Crippen LogP contribution < -0.4 is 0 Å². The van der Waals surface area contributed by atoms with Gasteiger partial charge in [0.25, 0.3) is 0 Å². The van der Waals surface area contributed by atoms with E-state index in [2.05, 4.69) is 32.8 Å². The summed E-state index contributed by atoms with van der Waals surface area (Å²) in [6.45, 7) is 0. The number of H-pyrrole nitrogens is 1. The minimum atomic E-state index is 0. The summed E-state index contributed by atoms with van der Waals surface area (Å²) in [4.78, 5) is 0. The summed E-state index contributed by atoms with van der Waals surface area (Å²) in [6, 6.07) is 0. The summed E-state index contributed by atoms with van der Waals surface area (Å²) in [5, 5.41) is 6.36. The van der Waals surface area contributed by atoms with Crippen LogP contribution in [0.15, 0.2) is 12.4 Å². The largest absolute Gasteiger partial charge is 0.285 e. The third-order valence-electron chi connectivity index (χ3n) is 0.465. The highest BCUT2D eigenvalue weighted by Gasteiger charge is 1.77. The molecule has 34 valence electrons. The Kier molecular flexibility index (Phi) is 1.09. The molecule has 1 aromatic heterocycles. The molecule has 0 aliphatic carbocycles. The van der Waals surface area contributed by atoms with E-state index in [0.717, 1.165) is 3.57 Å². The van der Waals surface area contributed by atoms with Gasteiger partial charge in [0.2, 0.25) is 0 Å². The van der Waals surface area contributed by atoms with E-state index in [1.54, 1.807) is 6.20 Å². The number of aromatic amines is 1. The lowest BCUT2D eigenvalue weighted by Crippen LogP contribution is -1.53. The van der Waals surface area contributed by atoms with Gasteiger partial charge in [-0.1, -0.05) is 0 Å². The van der Waals surface area contributed by atoms with E-state index in [4.69, 9.17) is 0 Å². The molecule has 1 heterocycles. The van der Waals surface area contributed by atoms with Gasteiger partial charge in [-0.05, 0) is 22.6 Å². The van der Waals surface area contributed by atoms with Crippen LogP contribution in [0.4, 0.5) is 0 Å². The molecule has 0 saturated heterocycles. The van der Waals surface area contributed by atoms with E-state index >= 15 is 0 Å². The second-order valence-corrected chi connectivity index (χ2v) is 2.16. The highest BCUT2D eigenvalue weighted by molar-refractivity contribution is 14.1. The fraction of sp³-hybridized carbons (Fsp3) is 0. The quantitative estimate of drug-likeness (QED) is 0.621. The predicted molar refractivity (Wildman–Crippen MR) is 33.4 cm³/mol. The van der Waals surface area contributed by atoms with Gasteiger partial charge in [-0.15, -0.1) is 0 Å². The second kappa shape index (κ2) is 1.59. The topological polar surface area (TPSA) is 28.7 Å². The van der Waals surface area contributed by atoms with Crippen molar-refractivity contribution >= 4 is 22.6 Å². The van der Waals surface area contributed by atoms with E-state index in [1.807, 2.05) is 6.20 Å². The van der Waals surface area contributed by atoms with Crippen molar-refractivity contribution in [2.75, 3.05) is 0 Å². The Morgan fingerprint density at radius 3 is 3.00 bits per heavy atom. The molecule has 2 nitrogen and oxygen atoms in total. The molecule has 0 bridgehead atoms. The molecule has 3 heteroatoms. The van der Waals surface area contributed by atoms with Crippen LogP contribution in [0.3, 0.4) is 0 Å². The number of aromatic nitrogens is 2. The summed E-state index contributed by atoms with van der Waals surface area (Å²) in [7, 11) is 0. The van der Waals surface area contributed by atoms with Crippen LogP contribution in [0.25, 0.3) is 0 Å². The summed E-state index contributed by atoms with van der Waals surface area (Å²) in [6.07, 6.45) is 3.60. The molecule has 0 spiro atoms. The molecule has 0 aliphatic rings. The Morgan fingerprint density at radius 2 is 2.83 bits per heavy atom. The smallest absolute Gasteiger partial charge is 0.0621 e. The summed E-state index contributed by atoms with van der Waals surface area (Å²) in [5.41, 5.74) is 0. The number of hydrogen-bond donors (Lipinski definition) is 1. The lowest BCUT2D eigenvalue weighted by atomic mass is 10.8. The average molecular weight is 196 g/mol. The van der Waals surface area contributed by atoms with Gasteiger partial charge in [-0.3, -0.25) is 5.10 Å². The van der Waals surface area contributed by atoms with Crippen molar-refractivity contribution in [3.8, 4) is 0 Å². The first-order valence-corrected chi connectivity index (χ1v) is 2.62. The van der Waals surface area contributed by atoms with Crippen molar-refractivity contribution in [3.63, 3.8) is 0 Å². The molecular formula is C3H5IN2. The molecule has 1 aromatic rings. The van der Waals surface area contributed by atoms with E-state index in [-0.39, 0.29) is 1.43 Å². The molecule has 0 unspecified atom stereocenters. The van der Waals surface area contributed by atoms with Gasteiger partial charge in [0.15, 0.2) is 0 Å². The zero-order valence-electron chi connectivity index (χ0n) is 2.98. The van der Waals surface area contributed by atoms with Gasteiger partial charge >= 0.3 is 0 Å². The number of nitrogens with zero attached hydrogens (tertiary/aromatic N) is 1. The minimum Gasteiger partial charge on any atom is -0.285 e. The summed E-state index contributed by atoms with van der Waals surface area (Å²) in [5.74, 6) is 0. The van der Waals surface area contributed by atoms with Crippen LogP contribution in [0.2, 0.25) is 0 Å². The van der Waals surface area contributed by atoms with E-state index in [1.165, 1.54) is 0 Å². The number of halogens is 1. The first-order valence-electron chi connectivity index (χ1n) is 1.54. The van der Waals surface area contributed by atoms with Crippen molar-refractivity contribution in [3.05, 3.63) is 16.0 Å². The minimum absolute atomic E-state index is 0. The highest BCUT2D eigenvalue weighted by atomic mass is 127. The molecule has 0 amide bonds. The van der Waals surface area contributed by atoms with Crippen LogP contribution in [-0.2, 0) is 0 Å². The Labute approximate surface area is 50.6 Å². The molecule has 0 radical (unpaired) electrons. The zero-order chi connectivity index (χ0) is 4.41. The molecular weight excluding hydrogens is 191 g/mol. The first-order chi connectivity index (χ1) is 2.89. The molecule has 0 aliphatic heterocycles. The van der Waals surface area contributed by atoms with Gasteiger partial charge in [-0.2, -0.15) is 5.10 Å². The average Bonchev–Trinajstić information content (AvgIpc) is 1.86. The SMILES string of the molecule is Ic1cn[nH]c1.[HH]. The van der Waals surface area contributed by atoms with Gasteiger partial charge in [0.1, 0.15) is 0 Å².